The Kier molecular flexibility index (Phi) is 7.69. The SMILES string of the molecule is CCOC(=O)NS(=O)(=O)NC(C)CCCBr. The van der Waals surface area contributed by atoms with Crippen LogP contribution < -0.4 is 9.44 Å². The molecule has 0 fully saturated rings. The first-order chi connectivity index (χ1) is 7.41. The minimum absolute atomic E-state index is 0.125. The number of nitrogens with one attached hydrogen (secondary N) is 2. The van der Waals surface area contributed by atoms with E-state index in [0.717, 1.165) is 11.8 Å². The molecule has 0 aliphatic carbocycles. The van der Waals surface area contributed by atoms with Crippen molar-refractivity contribution in [1.29, 1.82) is 0 Å². The topological polar surface area (TPSA) is 84.5 Å². The second-order valence-corrected chi connectivity index (χ2v) is 5.42. The van der Waals surface area contributed by atoms with Crippen molar-refractivity contribution in [3.8, 4) is 0 Å². The minimum Gasteiger partial charge on any atom is -0.449 e. The number of amides is 1. The third-order valence-corrected chi connectivity index (χ3v) is 3.33. The summed E-state index contributed by atoms with van der Waals surface area (Å²) >= 11 is 3.25. The van der Waals surface area contributed by atoms with E-state index >= 15 is 0 Å². The zero-order valence-electron chi connectivity index (χ0n) is 9.32. The van der Waals surface area contributed by atoms with Crippen molar-refractivity contribution in [1.82, 2.24) is 9.44 Å². The Morgan fingerprint density at radius 3 is 2.62 bits per heavy atom. The van der Waals surface area contributed by atoms with Crippen LogP contribution in [0.2, 0.25) is 0 Å². The van der Waals surface area contributed by atoms with Gasteiger partial charge in [-0.3, -0.25) is 0 Å². The molecule has 0 aliphatic heterocycles. The summed E-state index contributed by atoms with van der Waals surface area (Å²) < 4.78 is 31.2. The Bertz CT molecular complexity index is 307. The standard InChI is InChI=1S/C8H17BrN2O4S/c1-3-15-8(12)11-16(13,14)10-7(2)5-4-6-9/h7,10H,3-6H2,1-2H3,(H,11,12). The average molecular weight is 317 g/mol. The van der Waals surface area contributed by atoms with Crippen molar-refractivity contribution in [2.24, 2.45) is 0 Å². The summed E-state index contributed by atoms with van der Waals surface area (Å²) in [5.41, 5.74) is 0. The first-order valence-corrected chi connectivity index (χ1v) is 7.54. The van der Waals surface area contributed by atoms with Gasteiger partial charge in [0.2, 0.25) is 0 Å². The van der Waals surface area contributed by atoms with Gasteiger partial charge in [-0.1, -0.05) is 15.9 Å². The van der Waals surface area contributed by atoms with E-state index in [-0.39, 0.29) is 12.6 Å². The lowest BCUT2D eigenvalue weighted by molar-refractivity contribution is 0.158. The van der Waals surface area contributed by atoms with Crippen LogP contribution in [0.3, 0.4) is 0 Å². The number of ether oxygens (including phenoxy) is 1. The van der Waals surface area contributed by atoms with Crippen LogP contribution in [-0.2, 0) is 14.9 Å². The molecule has 8 heteroatoms. The van der Waals surface area contributed by atoms with Gasteiger partial charge < -0.3 is 4.74 Å². The maximum absolute atomic E-state index is 11.4. The highest BCUT2D eigenvalue weighted by Gasteiger charge is 2.17. The van der Waals surface area contributed by atoms with Crippen molar-refractivity contribution in [2.45, 2.75) is 32.7 Å². The average Bonchev–Trinajstić information content (AvgIpc) is 2.13. The summed E-state index contributed by atoms with van der Waals surface area (Å²) in [5, 5.41) is 0.810. The molecular weight excluding hydrogens is 300 g/mol. The van der Waals surface area contributed by atoms with E-state index in [1.807, 2.05) is 0 Å². The summed E-state index contributed by atoms with van der Waals surface area (Å²) in [5.74, 6) is 0. The van der Waals surface area contributed by atoms with Gasteiger partial charge in [0.05, 0.1) is 6.61 Å². The third kappa shape index (κ3) is 7.89. The second kappa shape index (κ2) is 7.86. The van der Waals surface area contributed by atoms with Gasteiger partial charge in [-0.25, -0.2) is 9.52 Å². The highest BCUT2D eigenvalue weighted by Crippen LogP contribution is 2.00. The maximum atomic E-state index is 11.4. The molecule has 6 nitrogen and oxygen atoms in total. The quantitative estimate of drug-likeness (QED) is 0.690. The molecule has 0 saturated heterocycles. The van der Waals surface area contributed by atoms with E-state index in [9.17, 15) is 13.2 Å². The normalized spacial score (nSPS) is 13.2. The molecule has 0 radical (unpaired) electrons. The molecule has 0 bridgehead atoms. The molecule has 0 heterocycles. The molecule has 0 aliphatic rings. The van der Waals surface area contributed by atoms with Crippen molar-refractivity contribution >= 4 is 32.2 Å². The molecule has 0 aromatic rings. The van der Waals surface area contributed by atoms with E-state index in [0.29, 0.717) is 6.42 Å². The molecule has 0 aromatic carbocycles. The van der Waals surface area contributed by atoms with Gasteiger partial charge in [0.1, 0.15) is 0 Å². The molecular formula is C8H17BrN2O4S. The van der Waals surface area contributed by atoms with Gasteiger partial charge in [0.25, 0.3) is 0 Å². The van der Waals surface area contributed by atoms with Gasteiger partial charge in [0, 0.05) is 11.4 Å². The monoisotopic (exact) mass is 316 g/mol. The summed E-state index contributed by atoms with van der Waals surface area (Å²) in [4.78, 5) is 10.9. The van der Waals surface area contributed by atoms with Crippen LogP contribution in [-0.4, -0.2) is 32.5 Å². The van der Waals surface area contributed by atoms with Crippen molar-refractivity contribution in [3.05, 3.63) is 0 Å². The fourth-order valence-corrected chi connectivity index (χ4v) is 2.32. The third-order valence-electron chi connectivity index (χ3n) is 1.62. The van der Waals surface area contributed by atoms with Gasteiger partial charge in [0.15, 0.2) is 0 Å². The van der Waals surface area contributed by atoms with Crippen LogP contribution >= 0.6 is 15.9 Å². The molecule has 96 valence electrons. The van der Waals surface area contributed by atoms with E-state index in [1.54, 1.807) is 18.6 Å². The molecule has 0 aromatic heterocycles. The molecule has 2 N–H and O–H groups in total. The Labute approximate surface area is 104 Å². The van der Waals surface area contributed by atoms with Gasteiger partial charge in [-0.2, -0.15) is 13.1 Å². The highest BCUT2D eigenvalue weighted by atomic mass is 79.9. The lowest BCUT2D eigenvalue weighted by Gasteiger charge is -2.13. The molecule has 0 rings (SSSR count). The Morgan fingerprint density at radius 2 is 2.12 bits per heavy atom. The van der Waals surface area contributed by atoms with Crippen LogP contribution in [0.5, 0.6) is 0 Å². The lowest BCUT2D eigenvalue weighted by atomic mass is 10.2. The van der Waals surface area contributed by atoms with E-state index < -0.39 is 16.3 Å². The summed E-state index contributed by atoms with van der Waals surface area (Å²) in [7, 11) is -3.82. The predicted octanol–water partition coefficient (Wildman–Crippen LogP) is 1.13. The van der Waals surface area contributed by atoms with Crippen LogP contribution in [0, 0.1) is 0 Å². The minimum atomic E-state index is -3.82. The number of hydrogen-bond acceptors (Lipinski definition) is 4. The van der Waals surface area contributed by atoms with E-state index in [1.165, 1.54) is 0 Å². The molecule has 1 unspecified atom stereocenters. The van der Waals surface area contributed by atoms with Gasteiger partial charge in [-0.15, -0.1) is 0 Å². The zero-order chi connectivity index (χ0) is 12.6. The lowest BCUT2D eigenvalue weighted by Crippen LogP contribution is -2.44. The van der Waals surface area contributed by atoms with E-state index in [4.69, 9.17) is 0 Å². The van der Waals surface area contributed by atoms with Gasteiger partial charge >= 0.3 is 16.3 Å². The van der Waals surface area contributed by atoms with Crippen LogP contribution in [0.1, 0.15) is 26.7 Å². The number of carbonyl (C=O) groups excluding carboxylic acids is 1. The number of carbonyl (C=O) groups is 1. The maximum Gasteiger partial charge on any atom is 0.421 e. The predicted molar refractivity (Wildman–Crippen MR) is 64.7 cm³/mol. The largest absolute Gasteiger partial charge is 0.449 e. The van der Waals surface area contributed by atoms with Crippen molar-refractivity contribution in [2.75, 3.05) is 11.9 Å². The van der Waals surface area contributed by atoms with Crippen molar-refractivity contribution < 1.29 is 17.9 Å². The van der Waals surface area contributed by atoms with Crippen LogP contribution in [0.15, 0.2) is 0 Å². The van der Waals surface area contributed by atoms with Crippen LogP contribution in [0.4, 0.5) is 4.79 Å². The second-order valence-electron chi connectivity index (χ2n) is 3.18. The molecule has 0 spiro atoms. The Balaban J connectivity index is 4.09. The van der Waals surface area contributed by atoms with Crippen molar-refractivity contribution in [3.63, 3.8) is 0 Å². The number of halogens is 1. The fourth-order valence-electron chi connectivity index (χ4n) is 1.01. The zero-order valence-corrected chi connectivity index (χ0v) is 11.7. The molecule has 1 amide bonds. The smallest absolute Gasteiger partial charge is 0.421 e. The fraction of sp³-hybridized carbons (Fsp3) is 0.875. The Morgan fingerprint density at radius 1 is 1.50 bits per heavy atom. The highest BCUT2D eigenvalue weighted by molar-refractivity contribution is 9.09. The van der Waals surface area contributed by atoms with Gasteiger partial charge in [-0.05, 0) is 26.7 Å². The van der Waals surface area contributed by atoms with Crippen LogP contribution in [0.25, 0.3) is 0 Å². The summed E-state index contributed by atoms with van der Waals surface area (Å²) in [6.07, 6.45) is 0.570. The number of hydrogen-bond donors (Lipinski definition) is 2. The molecule has 1 atom stereocenters. The number of rotatable bonds is 7. The number of alkyl halides is 1. The molecule has 16 heavy (non-hydrogen) atoms. The first kappa shape index (κ1) is 15.7. The summed E-state index contributed by atoms with van der Waals surface area (Å²) in [6.45, 7) is 3.45. The Hall–Kier alpha value is -0.340. The first-order valence-electron chi connectivity index (χ1n) is 4.94. The molecule has 0 saturated carbocycles. The summed E-state index contributed by atoms with van der Waals surface area (Å²) in [6, 6.07) is -0.232. The van der Waals surface area contributed by atoms with E-state index in [2.05, 4.69) is 25.4 Å².